The van der Waals surface area contributed by atoms with Crippen LogP contribution in [0, 0.1) is 11.8 Å². The van der Waals surface area contributed by atoms with E-state index in [4.69, 9.17) is 14.2 Å². The summed E-state index contributed by atoms with van der Waals surface area (Å²) in [5.41, 5.74) is 1.44. The largest absolute Gasteiger partial charge is 0.493 e. The van der Waals surface area contributed by atoms with Gasteiger partial charge in [0.05, 0.1) is 19.3 Å². The van der Waals surface area contributed by atoms with Crippen LogP contribution in [0.15, 0.2) is 18.2 Å². The molecule has 1 aromatic rings. The van der Waals surface area contributed by atoms with E-state index in [-0.39, 0.29) is 5.56 Å². The molecule has 0 radical (unpaired) electrons. The monoisotopic (exact) mass is 461 g/mol. The van der Waals surface area contributed by atoms with E-state index in [9.17, 15) is 19.2 Å². The van der Waals surface area contributed by atoms with Crippen LogP contribution in [0.1, 0.15) is 56.8 Å². The first-order valence-electron chi connectivity index (χ1n) is 11.1. The van der Waals surface area contributed by atoms with Crippen LogP contribution in [-0.4, -0.2) is 54.7 Å². The summed E-state index contributed by atoms with van der Waals surface area (Å²) >= 11 is 0. The van der Waals surface area contributed by atoms with Gasteiger partial charge in [0.1, 0.15) is 5.54 Å². The van der Waals surface area contributed by atoms with Gasteiger partial charge in [-0.15, -0.1) is 0 Å². The Kier molecular flexibility index (Phi) is 7.45. The number of esters is 1. The Balaban J connectivity index is 1.55. The molecule has 3 rings (SSSR count). The van der Waals surface area contributed by atoms with Crippen molar-refractivity contribution in [2.75, 3.05) is 20.3 Å². The highest BCUT2D eigenvalue weighted by molar-refractivity contribution is 6.08. The molecule has 1 heterocycles. The van der Waals surface area contributed by atoms with Crippen LogP contribution in [-0.2, 0) is 14.3 Å². The molecule has 1 aromatic carbocycles. The zero-order valence-corrected chi connectivity index (χ0v) is 19.4. The number of nitrogens with one attached hydrogen (secondary N) is 2. The summed E-state index contributed by atoms with van der Waals surface area (Å²) in [6.07, 6.45) is 2.68. The number of carbonyl (C=O) groups is 4. The third kappa shape index (κ3) is 5.55. The molecule has 0 unspecified atom stereocenters. The highest BCUT2D eigenvalue weighted by Gasteiger charge is 2.52. The summed E-state index contributed by atoms with van der Waals surface area (Å²) in [5.74, 6) is -0.380. The van der Waals surface area contributed by atoms with Crippen molar-refractivity contribution in [1.29, 1.82) is 0 Å². The predicted octanol–water partition coefficient (Wildman–Crippen LogP) is 2.42. The third-order valence-electron chi connectivity index (χ3n) is 5.83. The van der Waals surface area contributed by atoms with Crippen LogP contribution in [0.5, 0.6) is 11.5 Å². The molecule has 2 aliphatic rings. The van der Waals surface area contributed by atoms with Crippen molar-refractivity contribution in [3.05, 3.63) is 23.8 Å². The van der Waals surface area contributed by atoms with Crippen molar-refractivity contribution in [3.8, 4) is 11.5 Å². The number of amides is 4. The first-order valence-corrected chi connectivity index (χ1v) is 11.1. The molecule has 1 saturated carbocycles. The van der Waals surface area contributed by atoms with Crippen molar-refractivity contribution < 1.29 is 33.4 Å². The van der Waals surface area contributed by atoms with Crippen LogP contribution in [0.25, 0.3) is 0 Å². The number of hydrogen-bond acceptors (Lipinski definition) is 7. The molecule has 0 bridgehead atoms. The molecule has 0 atom stereocenters. The smallest absolute Gasteiger partial charge is 0.344 e. The number of urea groups is 1. The number of rotatable bonds is 8. The number of carbonyl (C=O) groups excluding carboxylic acids is 4. The summed E-state index contributed by atoms with van der Waals surface area (Å²) in [5, 5.41) is 3.39. The van der Waals surface area contributed by atoms with Crippen LogP contribution in [0.2, 0.25) is 0 Å². The van der Waals surface area contributed by atoms with Gasteiger partial charge in [0.25, 0.3) is 11.8 Å². The fourth-order valence-electron chi connectivity index (χ4n) is 3.86. The zero-order chi connectivity index (χ0) is 24.2. The van der Waals surface area contributed by atoms with Crippen LogP contribution in [0.3, 0.4) is 0 Å². The average molecular weight is 462 g/mol. The second-order valence-electron chi connectivity index (χ2n) is 9.02. The summed E-state index contributed by atoms with van der Waals surface area (Å²) < 4.78 is 16.0. The standard InChI is InChI=1S/C23H31N3O7/c1-14(2)12-32-17-6-5-16(11-18(17)31-4)20(28)33-13-19(27)25-26-21(29)23(24-22(26)30)9-7-15(3)8-10-23/h5-6,11,14-15H,7-10,12-13H2,1-4H3,(H,24,30)(H,25,27). The van der Waals surface area contributed by atoms with E-state index in [1.165, 1.54) is 19.2 Å². The Hall–Kier alpha value is -3.30. The number of hydrazine groups is 1. The molecular formula is C23H31N3O7. The number of nitrogens with zero attached hydrogens (tertiary/aromatic N) is 1. The van der Waals surface area contributed by atoms with E-state index in [1.807, 2.05) is 13.8 Å². The molecule has 1 spiro atoms. The second-order valence-corrected chi connectivity index (χ2v) is 9.02. The Morgan fingerprint density at radius 1 is 1.21 bits per heavy atom. The minimum absolute atomic E-state index is 0.168. The summed E-state index contributed by atoms with van der Waals surface area (Å²) in [6, 6.07) is 3.87. The topological polar surface area (TPSA) is 123 Å². The molecule has 1 saturated heterocycles. The average Bonchev–Trinajstić information content (AvgIpc) is 3.02. The Morgan fingerprint density at radius 2 is 1.91 bits per heavy atom. The summed E-state index contributed by atoms with van der Waals surface area (Å²) in [7, 11) is 1.46. The maximum atomic E-state index is 12.8. The number of ether oxygens (including phenoxy) is 3. The van der Waals surface area contributed by atoms with E-state index < -0.39 is 36.0 Å². The highest BCUT2D eigenvalue weighted by atomic mass is 16.5. The fraction of sp³-hybridized carbons (Fsp3) is 0.565. The van der Waals surface area contributed by atoms with Gasteiger partial charge in [0.15, 0.2) is 18.1 Å². The minimum Gasteiger partial charge on any atom is -0.493 e. The molecule has 1 aliphatic carbocycles. The molecule has 1 aliphatic heterocycles. The first kappa shape index (κ1) is 24.3. The van der Waals surface area contributed by atoms with E-state index in [0.29, 0.717) is 47.8 Å². The quantitative estimate of drug-likeness (QED) is 0.450. The van der Waals surface area contributed by atoms with Gasteiger partial charge in [-0.2, -0.15) is 5.01 Å². The van der Waals surface area contributed by atoms with Gasteiger partial charge < -0.3 is 19.5 Å². The van der Waals surface area contributed by atoms with Crippen LogP contribution >= 0.6 is 0 Å². The highest BCUT2D eigenvalue weighted by Crippen LogP contribution is 2.35. The SMILES string of the molecule is COc1cc(C(=O)OCC(=O)NN2C(=O)NC3(CCC(C)CC3)C2=O)ccc1OCC(C)C. The minimum atomic E-state index is -0.969. The molecule has 33 heavy (non-hydrogen) atoms. The molecule has 2 fully saturated rings. The van der Waals surface area contributed by atoms with Gasteiger partial charge >= 0.3 is 12.0 Å². The lowest BCUT2D eigenvalue weighted by Crippen LogP contribution is -2.52. The Labute approximate surface area is 192 Å². The van der Waals surface area contributed by atoms with E-state index in [1.54, 1.807) is 6.07 Å². The lowest BCUT2D eigenvalue weighted by Gasteiger charge is -2.33. The second kappa shape index (κ2) is 10.1. The molecule has 180 valence electrons. The van der Waals surface area contributed by atoms with Crippen LogP contribution < -0.4 is 20.2 Å². The summed E-state index contributed by atoms with van der Waals surface area (Å²) in [4.78, 5) is 49.7. The van der Waals surface area contributed by atoms with Crippen molar-refractivity contribution >= 4 is 23.8 Å². The predicted molar refractivity (Wildman–Crippen MR) is 117 cm³/mol. The van der Waals surface area contributed by atoms with Crippen LogP contribution in [0.4, 0.5) is 4.79 Å². The maximum Gasteiger partial charge on any atom is 0.344 e. The Morgan fingerprint density at radius 3 is 2.55 bits per heavy atom. The third-order valence-corrected chi connectivity index (χ3v) is 5.83. The van der Waals surface area contributed by atoms with E-state index >= 15 is 0 Å². The van der Waals surface area contributed by atoms with Crippen molar-refractivity contribution in [1.82, 2.24) is 15.8 Å². The number of methoxy groups -OCH3 is 1. The number of imide groups is 1. The van der Waals surface area contributed by atoms with Gasteiger partial charge in [0.2, 0.25) is 0 Å². The maximum absolute atomic E-state index is 12.8. The number of hydrogen-bond donors (Lipinski definition) is 2. The van der Waals surface area contributed by atoms with Crippen molar-refractivity contribution in [2.24, 2.45) is 11.8 Å². The first-order chi connectivity index (χ1) is 15.6. The van der Waals surface area contributed by atoms with Gasteiger partial charge in [-0.3, -0.25) is 15.0 Å². The molecule has 0 aromatic heterocycles. The molecule has 10 nitrogen and oxygen atoms in total. The van der Waals surface area contributed by atoms with Gasteiger partial charge in [0, 0.05) is 0 Å². The molecule has 10 heteroatoms. The van der Waals surface area contributed by atoms with Gasteiger partial charge in [-0.25, -0.2) is 9.59 Å². The lowest BCUT2D eigenvalue weighted by atomic mass is 9.77. The molecule has 2 N–H and O–H groups in total. The number of benzene rings is 1. The van der Waals surface area contributed by atoms with Gasteiger partial charge in [-0.1, -0.05) is 20.8 Å². The lowest BCUT2D eigenvalue weighted by molar-refractivity contribution is -0.141. The zero-order valence-electron chi connectivity index (χ0n) is 19.4. The summed E-state index contributed by atoms with van der Waals surface area (Å²) in [6.45, 7) is 5.96. The normalized spacial score (nSPS) is 22.3. The molecule has 4 amide bonds. The molecular weight excluding hydrogens is 430 g/mol. The van der Waals surface area contributed by atoms with E-state index in [2.05, 4.69) is 17.7 Å². The van der Waals surface area contributed by atoms with Crippen molar-refractivity contribution in [3.63, 3.8) is 0 Å². The van der Waals surface area contributed by atoms with Crippen molar-refractivity contribution in [2.45, 2.75) is 52.0 Å². The van der Waals surface area contributed by atoms with E-state index in [0.717, 1.165) is 12.8 Å². The fourth-order valence-corrected chi connectivity index (χ4v) is 3.86. The Bertz CT molecular complexity index is 923. The van der Waals surface area contributed by atoms with Gasteiger partial charge in [-0.05, 0) is 55.7 Å².